The fraction of sp³-hybridized carbons (Fsp3) is 0.682. The average Bonchev–Trinajstić information content (AvgIpc) is 3.00. The first kappa shape index (κ1) is 18.0. The molecule has 4 nitrogen and oxygen atoms in total. The van der Waals surface area contributed by atoms with Crippen LogP contribution in [0.25, 0.3) is 0 Å². The monoisotopic (exact) mass is 355 g/mol. The van der Waals surface area contributed by atoms with Gasteiger partial charge in [-0.2, -0.15) is 0 Å². The molecule has 0 aliphatic carbocycles. The van der Waals surface area contributed by atoms with Gasteiger partial charge in [-0.05, 0) is 69.0 Å². The Labute approximate surface area is 157 Å². The quantitative estimate of drug-likeness (QED) is 0.825. The normalized spacial score (nSPS) is 29.6. The van der Waals surface area contributed by atoms with Gasteiger partial charge in [-0.25, -0.2) is 0 Å². The highest BCUT2D eigenvalue weighted by atomic mass is 16.1. The summed E-state index contributed by atoms with van der Waals surface area (Å²) in [6, 6.07) is 12.1. The van der Waals surface area contributed by atoms with E-state index in [1.165, 1.54) is 44.1 Å². The smallest absolute Gasteiger partial charge is 0.220 e. The Bertz CT molecular complexity index is 570. The van der Waals surface area contributed by atoms with Gasteiger partial charge in [0.15, 0.2) is 0 Å². The molecule has 0 saturated carbocycles. The summed E-state index contributed by atoms with van der Waals surface area (Å²) in [5.41, 5.74) is 1.40. The predicted molar refractivity (Wildman–Crippen MR) is 105 cm³/mol. The minimum atomic E-state index is 0.281. The summed E-state index contributed by atoms with van der Waals surface area (Å²) in [6.07, 6.45) is 8.15. The van der Waals surface area contributed by atoms with E-state index in [0.717, 1.165) is 32.6 Å². The van der Waals surface area contributed by atoms with E-state index < -0.39 is 0 Å². The second kappa shape index (κ2) is 8.53. The van der Waals surface area contributed by atoms with Gasteiger partial charge in [0.25, 0.3) is 0 Å². The number of amides is 1. The Morgan fingerprint density at radius 1 is 1.00 bits per heavy atom. The first-order valence-electron chi connectivity index (χ1n) is 10.5. The summed E-state index contributed by atoms with van der Waals surface area (Å²) in [4.78, 5) is 14.9. The standard InChI is InChI=1S/C22H33N3O/c26-22(14-19-12-20-6-7-21(13-19)24-20)23-15-17-8-10-25(11-9-17)16-18-4-2-1-3-5-18/h1-5,17,19-21,24H,6-16H2,(H,23,26). The van der Waals surface area contributed by atoms with Crippen LogP contribution in [0, 0.1) is 11.8 Å². The summed E-state index contributed by atoms with van der Waals surface area (Å²) in [5, 5.41) is 6.90. The maximum atomic E-state index is 12.4. The molecule has 1 aromatic carbocycles. The van der Waals surface area contributed by atoms with Gasteiger partial charge in [0.1, 0.15) is 0 Å². The summed E-state index contributed by atoms with van der Waals surface area (Å²) < 4.78 is 0. The molecule has 4 heteroatoms. The van der Waals surface area contributed by atoms with E-state index in [4.69, 9.17) is 0 Å². The largest absolute Gasteiger partial charge is 0.356 e. The van der Waals surface area contributed by atoms with Crippen LogP contribution in [0.3, 0.4) is 0 Å². The lowest BCUT2D eigenvalue weighted by Crippen LogP contribution is -2.41. The van der Waals surface area contributed by atoms with E-state index >= 15 is 0 Å². The third kappa shape index (κ3) is 4.86. The van der Waals surface area contributed by atoms with Crippen molar-refractivity contribution in [3.05, 3.63) is 35.9 Å². The molecule has 2 unspecified atom stereocenters. The Morgan fingerprint density at radius 2 is 1.69 bits per heavy atom. The van der Waals surface area contributed by atoms with Crippen molar-refractivity contribution in [2.24, 2.45) is 11.8 Å². The van der Waals surface area contributed by atoms with Crippen LogP contribution in [0.4, 0.5) is 0 Å². The number of fused-ring (bicyclic) bond motifs is 2. The van der Waals surface area contributed by atoms with E-state index in [1.807, 2.05) is 0 Å². The second-order valence-electron chi connectivity index (χ2n) is 8.69. The lowest BCUT2D eigenvalue weighted by Gasteiger charge is -2.32. The summed E-state index contributed by atoms with van der Waals surface area (Å²) in [7, 11) is 0. The topological polar surface area (TPSA) is 44.4 Å². The maximum absolute atomic E-state index is 12.4. The molecule has 0 spiro atoms. The van der Waals surface area contributed by atoms with Crippen molar-refractivity contribution in [1.82, 2.24) is 15.5 Å². The number of piperidine rings is 2. The average molecular weight is 356 g/mol. The second-order valence-corrected chi connectivity index (χ2v) is 8.69. The van der Waals surface area contributed by atoms with Gasteiger partial charge >= 0.3 is 0 Å². The predicted octanol–water partition coefficient (Wildman–Crippen LogP) is 2.94. The van der Waals surface area contributed by atoms with Crippen LogP contribution in [0.5, 0.6) is 0 Å². The molecule has 3 heterocycles. The third-order valence-electron chi connectivity index (χ3n) is 6.59. The van der Waals surface area contributed by atoms with E-state index in [2.05, 4.69) is 45.9 Å². The zero-order chi connectivity index (χ0) is 17.8. The van der Waals surface area contributed by atoms with Gasteiger partial charge in [-0.3, -0.25) is 9.69 Å². The Morgan fingerprint density at radius 3 is 2.38 bits per heavy atom. The molecule has 2 atom stereocenters. The highest BCUT2D eigenvalue weighted by Gasteiger charge is 2.34. The number of likely N-dealkylation sites (tertiary alicyclic amines) is 1. The molecule has 3 fully saturated rings. The van der Waals surface area contributed by atoms with E-state index in [0.29, 0.717) is 23.9 Å². The molecule has 26 heavy (non-hydrogen) atoms. The van der Waals surface area contributed by atoms with Gasteiger partial charge in [0, 0.05) is 31.6 Å². The van der Waals surface area contributed by atoms with Crippen molar-refractivity contribution in [2.45, 2.75) is 63.6 Å². The fourth-order valence-electron chi connectivity index (χ4n) is 5.12. The Kier molecular flexibility index (Phi) is 5.91. The number of nitrogens with one attached hydrogen (secondary N) is 2. The van der Waals surface area contributed by atoms with Gasteiger partial charge < -0.3 is 10.6 Å². The Hall–Kier alpha value is -1.39. The SMILES string of the molecule is O=C(CC1CC2CCC(C1)N2)NCC1CCN(Cc2ccccc2)CC1. The molecule has 142 valence electrons. The molecule has 0 radical (unpaired) electrons. The van der Waals surface area contributed by atoms with E-state index in [1.54, 1.807) is 0 Å². The van der Waals surface area contributed by atoms with E-state index in [-0.39, 0.29) is 5.91 Å². The minimum absolute atomic E-state index is 0.281. The highest BCUT2D eigenvalue weighted by molar-refractivity contribution is 5.76. The number of carbonyl (C=O) groups excluding carboxylic acids is 1. The molecule has 1 aromatic rings. The Balaban J connectivity index is 1.13. The molecule has 4 rings (SSSR count). The molecule has 3 aliphatic heterocycles. The molecule has 1 amide bonds. The minimum Gasteiger partial charge on any atom is -0.356 e. The zero-order valence-corrected chi connectivity index (χ0v) is 15.8. The summed E-state index contributed by atoms with van der Waals surface area (Å²) >= 11 is 0. The number of carbonyl (C=O) groups is 1. The van der Waals surface area contributed by atoms with Crippen molar-refractivity contribution in [3.8, 4) is 0 Å². The summed E-state index contributed by atoms with van der Waals surface area (Å²) in [5.74, 6) is 1.53. The molecule has 2 bridgehead atoms. The molecule has 3 aliphatic rings. The van der Waals surface area contributed by atoms with Crippen LogP contribution in [-0.2, 0) is 11.3 Å². The van der Waals surface area contributed by atoms with Crippen LogP contribution in [0.15, 0.2) is 30.3 Å². The number of benzene rings is 1. The van der Waals surface area contributed by atoms with Crippen LogP contribution in [0.1, 0.15) is 50.5 Å². The van der Waals surface area contributed by atoms with Gasteiger partial charge in [-0.15, -0.1) is 0 Å². The zero-order valence-electron chi connectivity index (χ0n) is 15.8. The number of hydrogen-bond donors (Lipinski definition) is 2. The first-order chi connectivity index (χ1) is 12.7. The van der Waals surface area contributed by atoms with Crippen molar-refractivity contribution in [3.63, 3.8) is 0 Å². The van der Waals surface area contributed by atoms with Crippen molar-refractivity contribution in [1.29, 1.82) is 0 Å². The first-order valence-corrected chi connectivity index (χ1v) is 10.5. The lowest BCUT2D eigenvalue weighted by molar-refractivity contribution is -0.122. The van der Waals surface area contributed by atoms with Crippen LogP contribution in [-0.4, -0.2) is 42.5 Å². The van der Waals surface area contributed by atoms with Crippen LogP contribution < -0.4 is 10.6 Å². The van der Waals surface area contributed by atoms with Gasteiger partial charge in [-0.1, -0.05) is 30.3 Å². The van der Waals surface area contributed by atoms with Gasteiger partial charge in [0.2, 0.25) is 5.91 Å². The van der Waals surface area contributed by atoms with Crippen molar-refractivity contribution in [2.75, 3.05) is 19.6 Å². The molecule has 0 aromatic heterocycles. The molecular weight excluding hydrogens is 322 g/mol. The summed E-state index contributed by atoms with van der Waals surface area (Å²) in [6.45, 7) is 4.22. The van der Waals surface area contributed by atoms with Crippen LogP contribution in [0.2, 0.25) is 0 Å². The number of nitrogens with zero attached hydrogens (tertiary/aromatic N) is 1. The molecule has 3 saturated heterocycles. The van der Waals surface area contributed by atoms with Crippen molar-refractivity contribution >= 4 is 5.91 Å². The molecule has 2 N–H and O–H groups in total. The number of rotatable bonds is 6. The molecular formula is C22H33N3O. The van der Waals surface area contributed by atoms with Crippen LogP contribution >= 0.6 is 0 Å². The number of hydrogen-bond acceptors (Lipinski definition) is 3. The van der Waals surface area contributed by atoms with E-state index in [9.17, 15) is 4.79 Å². The lowest BCUT2D eigenvalue weighted by atomic mass is 9.89. The van der Waals surface area contributed by atoms with Crippen molar-refractivity contribution < 1.29 is 4.79 Å². The maximum Gasteiger partial charge on any atom is 0.220 e. The fourth-order valence-corrected chi connectivity index (χ4v) is 5.12. The highest BCUT2D eigenvalue weighted by Crippen LogP contribution is 2.32. The third-order valence-corrected chi connectivity index (χ3v) is 6.59. The van der Waals surface area contributed by atoms with Gasteiger partial charge in [0.05, 0.1) is 0 Å².